The molecule has 0 radical (unpaired) electrons. The molecule has 9 rings (SSSR count). The molecule has 1 saturated heterocycles. The summed E-state index contributed by atoms with van der Waals surface area (Å²) in [4.78, 5) is 10.0. The van der Waals surface area contributed by atoms with Crippen LogP contribution in [0.3, 0.4) is 0 Å². The van der Waals surface area contributed by atoms with Gasteiger partial charge in [-0.15, -0.1) is 0 Å². The highest BCUT2D eigenvalue weighted by Gasteiger charge is 2.38. The van der Waals surface area contributed by atoms with Crippen molar-refractivity contribution in [2.45, 2.75) is 64.2 Å². The number of hydrogen-bond acceptors (Lipinski definition) is 10. The quantitative estimate of drug-likeness (QED) is 0.187. The molecule has 2 atom stereocenters. The first-order chi connectivity index (χ1) is 27.2. The van der Waals surface area contributed by atoms with Crippen LogP contribution >= 0.6 is 0 Å². The molecule has 0 spiro atoms. The van der Waals surface area contributed by atoms with E-state index in [1.165, 1.54) is 27.8 Å². The monoisotopic (exact) mass is 762 g/mol. The molecule has 5 aliphatic heterocycles. The zero-order valence-corrected chi connectivity index (χ0v) is 34.4. The first-order valence-electron chi connectivity index (χ1n) is 20.2. The number of hydrogen-bond donors (Lipinski definition) is 0. The second-order valence-corrected chi connectivity index (χ2v) is 16.1. The lowest BCUT2D eigenvalue weighted by molar-refractivity contribution is 0.103. The number of nitrogens with zero attached hydrogens (tertiary/aromatic N) is 4. The Hall–Kier alpha value is -4.48. The van der Waals surface area contributed by atoms with Gasteiger partial charge in [0.1, 0.15) is 5.75 Å². The Morgan fingerprint density at radius 1 is 0.661 bits per heavy atom. The van der Waals surface area contributed by atoms with E-state index >= 15 is 0 Å². The Labute approximate surface area is 332 Å². The van der Waals surface area contributed by atoms with Crippen LogP contribution in [-0.4, -0.2) is 107 Å². The van der Waals surface area contributed by atoms with Crippen molar-refractivity contribution in [3.63, 3.8) is 0 Å². The summed E-state index contributed by atoms with van der Waals surface area (Å²) in [6.45, 7) is 11.3. The molecule has 5 heterocycles. The molecule has 6 bridgehead atoms. The first-order valence-corrected chi connectivity index (χ1v) is 20.2. The fraction of sp³-hybridized carbons (Fsp3) is 0.478. The summed E-state index contributed by atoms with van der Waals surface area (Å²) in [5.41, 5.74) is 8.50. The van der Waals surface area contributed by atoms with Crippen molar-refractivity contribution < 1.29 is 28.4 Å². The standard InChI is InChI=1S/C46H58N4O6/c1-29(2)50-21-19-49(20-22-50)28-36-34-16-18-48(4)38-24-31-11-14-39(51-5)41(25-31)55-33-12-9-30(10-13-33)23-37-35-27-42(40(52-6)26-32(35)15-17-47(37)3)56-45(43(34)38)46(54-8)44(36)53-7/h9-14,25-27,29,37-38H,15-24,28H2,1-8H3/t37-,38-/m0/s1. The number of rotatable bonds is 7. The summed E-state index contributed by atoms with van der Waals surface area (Å²) in [5, 5.41) is 0. The van der Waals surface area contributed by atoms with Crippen LogP contribution < -0.4 is 28.4 Å². The predicted molar refractivity (Wildman–Crippen MR) is 220 cm³/mol. The molecule has 4 aromatic rings. The lowest BCUT2D eigenvalue weighted by Crippen LogP contribution is -2.48. The highest BCUT2D eigenvalue weighted by atomic mass is 16.5. The first kappa shape index (κ1) is 38.4. The molecule has 10 nitrogen and oxygen atoms in total. The molecule has 4 aromatic carbocycles. The number of methoxy groups -OCH3 is 4. The molecule has 0 aromatic heterocycles. The third-order valence-corrected chi connectivity index (χ3v) is 12.6. The van der Waals surface area contributed by atoms with E-state index in [4.69, 9.17) is 28.4 Å². The van der Waals surface area contributed by atoms with Crippen LogP contribution in [-0.2, 0) is 32.2 Å². The second kappa shape index (κ2) is 16.2. The van der Waals surface area contributed by atoms with E-state index in [0.29, 0.717) is 40.5 Å². The molecule has 0 saturated carbocycles. The zero-order chi connectivity index (χ0) is 39.1. The maximum absolute atomic E-state index is 7.29. The summed E-state index contributed by atoms with van der Waals surface area (Å²) in [5.74, 6) is 5.60. The van der Waals surface area contributed by atoms with Gasteiger partial charge < -0.3 is 28.4 Å². The van der Waals surface area contributed by atoms with Gasteiger partial charge in [0.25, 0.3) is 0 Å². The van der Waals surface area contributed by atoms with Crippen LogP contribution in [0.1, 0.15) is 64.9 Å². The second-order valence-electron chi connectivity index (χ2n) is 16.1. The number of likely N-dealkylation sites (N-methyl/N-ethyl adjacent to an activating group) is 2. The summed E-state index contributed by atoms with van der Waals surface area (Å²) in [6, 6.07) is 19.8. The predicted octanol–water partition coefficient (Wildman–Crippen LogP) is 7.69. The molecule has 1 fully saturated rings. The van der Waals surface area contributed by atoms with Crippen molar-refractivity contribution in [3.8, 4) is 46.0 Å². The SMILES string of the molecule is COc1ccc2cc1Oc1ccc(cc1)C[C@H]1c3cc(c(OC)cc3CCN1C)Oc1c(OC)c(OC)c(CN3CCN(C(C)C)CC3)c3c1[C@H](C2)N(C)CC3. The Morgan fingerprint density at radius 3 is 2.02 bits per heavy atom. The third kappa shape index (κ3) is 7.28. The lowest BCUT2D eigenvalue weighted by atomic mass is 9.84. The van der Waals surface area contributed by atoms with Crippen molar-refractivity contribution >= 4 is 0 Å². The molecular formula is C46H58N4O6. The van der Waals surface area contributed by atoms with E-state index in [-0.39, 0.29) is 12.1 Å². The van der Waals surface area contributed by atoms with Gasteiger partial charge in [-0.25, -0.2) is 0 Å². The Balaban J connectivity index is 1.34. The van der Waals surface area contributed by atoms with Gasteiger partial charge in [0.15, 0.2) is 34.5 Å². The molecule has 298 valence electrons. The summed E-state index contributed by atoms with van der Waals surface area (Å²) in [7, 11) is 11.3. The number of piperazine rings is 1. The van der Waals surface area contributed by atoms with E-state index in [2.05, 4.69) is 96.1 Å². The Kier molecular flexibility index (Phi) is 11.1. The minimum Gasteiger partial charge on any atom is -0.493 e. The van der Waals surface area contributed by atoms with Crippen LogP contribution in [0, 0.1) is 0 Å². The van der Waals surface area contributed by atoms with E-state index in [0.717, 1.165) is 94.1 Å². The van der Waals surface area contributed by atoms with Crippen LogP contribution in [0.5, 0.6) is 46.0 Å². The van der Waals surface area contributed by atoms with Gasteiger partial charge in [-0.2, -0.15) is 0 Å². The van der Waals surface area contributed by atoms with Gasteiger partial charge in [0.05, 0.1) is 28.4 Å². The Bertz CT molecular complexity index is 2040. The molecule has 0 aliphatic carbocycles. The molecule has 0 amide bonds. The fourth-order valence-corrected chi connectivity index (χ4v) is 9.34. The summed E-state index contributed by atoms with van der Waals surface area (Å²) >= 11 is 0. The van der Waals surface area contributed by atoms with E-state index in [1.54, 1.807) is 28.4 Å². The normalized spacial score (nSPS) is 20.4. The van der Waals surface area contributed by atoms with Crippen LogP contribution in [0.4, 0.5) is 0 Å². The highest BCUT2D eigenvalue weighted by Crippen LogP contribution is 2.54. The van der Waals surface area contributed by atoms with Gasteiger partial charge >= 0.3 is 0 Å². The minimum atomic E-state index is -0.0352. The van der Waals surface area contributed by atoms with Gasteiger partial charge in [0.2, 0.25) is 5.75 Å². The zero-order valence-electron chi connectivity index (χ0n) is 34.4. The maximum atomic E-state index is 7.29. The molecule has 10 heteroatoms. The van der Waals surface area contributed by atoms with Crippen molar-refractivity contribution in [1.29, 1.82) is 0 Å². The average molecular weight is 763 g/mol. The van der Waals surface area contributed by atoms with Gasteiger partial charge in [-0.1, -0.05) is 18.2 Å². The lowest BCUT2D eigenvalue weighted by Gasteiger charge is -2.40. The van der Waals surface area contributed by atoms with Crippen molar-refractivity contribution in [3.05, 3.63) is 93.5 Å². The van der Waals surface area contributed by atoms with Gasteiger partial charge in [-0.05, 0) is 118 Å². The van der Waals surface area contributed by atoms with E-state index < -0.39 is 0 Å². The van der Waals surface area contributed by atoms with Crippen LogP contribution in [0.25, 0.3) is 0 Å². The van der Waals surface area contributed by atoms with E-state index in [9.17, 15) is 0 Å². The maximum Gasteiger partial charge on any atom is 0.204 e. The summed E-state index contributed by atoms with van der Waals surface area (Å²) in [6.07, 6.45) is 3.36. The highest BCUT2D eigenvalue weighted by molar-refractivity contribution is 5.67. The van der Waals surface area contributed by atoms with Crippen LogP contribution in [0.15, 0.2) is 54.6 Å². The molecule has 0 unspecified atom stereocenters. The molecular weight excluding hydrogens is 705 g/mol. The topological polar surface area (TPSA) is 68.3 Å². The summed E-state index contributed by atoms with van der Waals surface area (Å²) < 4.78 is 38.6. The third-order valence-electron chi connectivity index (χ3n) is 12.6. The van der Waals surface area contributed by atoms with Crippen molar-refractivity contribution in [2.24, 2.45) is 0 Å². The Morgan fingerprint density at radius 2 is 1.32 bits per heavy atom. The fourth-order valence-electron chi connectivity index (χ4n) is 9.34. The molecule has 5 aliphatic rings. The average Bonchev–Trinajstić information content (AvgIpc) is 3.21. The number of benzene rings is 4. The molecule has 0 N–H and O–H groups in total. The van der Waals surface area contributed by atoms with Gasteiger partial charge in [-0.3, -0.25) is 19.6 Å². The van der Waals surface area contributed by atoms with Crippen molar-refractivity contribution in [2.75, 3.05) is 81.8 Å². The largest absolute Gasteiger partial charge is 0.493 e. The smallest absolute Gasteiger partial charge is 0.204 e. The van der Waals surface area contributed by atoms with Crippen molar-refractivity contribution in [1.82, 2.24) is 19.6 Å². The minimum absolute atomic E-state index is 0.0352. The van der Waals surface area contributed by atoms with Crippen LogP contribution in [0.2, 0.25) is 0 Å². The number of ether oxygens (including phenoxy) is 6. The number of fused-ring (bicyclic) bond motifs is 2. The molecule has 56 heavy (non-hydrogen) atoms. The van der Waals surface area contributed by atoms with Gasteiger partial charge in [0, 0.05) is 75.1 Å². The van der Waals surface area contributed by atoms with E-state index in [1.807, 2.05) is 6.07 Å².